The first-order chi connectivity index (χ1) is 8.22. The molecule has 0 saturated heterocycles. The van der Waals surface area contributed by atoms with Gasteiger partial charge in [-0.25, -0.2) is 9.37 Å². The standard InChI is InChI=1S/C12H13FIN3/c1-2-5-15-12-16-6-7-17(12)11-4-3-9(13)8-10(11)14/h3-4,6-8H,2,5H2,1H3,(H,15,16). The van der Waals surface area contributed by atoms with E-state index in [-0.39, 0.29) is 5.82 Å². The maximum Gasteiger partial charge on any atom is 0.207 e. The average Bonchev–Trinajstić information content (AvgIpc) is 2.74. The highest BCUT2D eigenvalue weighted by atomic mass is 127. The molecule has 0 aliphatic carbocycles. The SMILES string of the molecule is CCCNc1nccn1-c1ccc(F)cc1I. The van der Waals surface area contributed by atoms with Crippen molar-refractivity contribution in [3.05, 3.63) is 40.0 Å². The van der Waals surface area contributed by atoms with Crippen LogP contribution in [0.1, 0.15) is 13.3 Å². The van der Waals surface area contributed by atoms with Crippen LogP contribution in [0.15, 0.2) is 30.6 Å². The zero-order valence-electron chi connectivity index (χ0n) is 9.45. The Kier molecular flexibility index (Phi) is 3.98. The number of benzene rings is 1. The predicted octanol–water partition coefficient (Wildman–Crippen LogP) is 3.44. The van der Waals surface area contributed by atoms with E-state index in [0.29, 0.717) is 0 Å². The van der Waals surface area contributed by atoms with Crippen LogP contribution >= 0.6 is 22.6 Å². The Balaban J connectivity index is 2.35. The van der Waals surface area contributed by atoms with Crippen molar-refractivity contribution >= 4 is 28.5 Å². The predicted molar refractivity (Wildman–Crippen MR) is 75.0 cm³/mol. The first-order valence-corrected chi connectivity index (χ1v) is 6.53. The lowest BCUT2D eigenvalue weighted by Gasteiger charge is -2.10. The maximum absolute atomic E-state index is 13.0. The summed E-state index contributed by atoms with van der Waals surface area (Å²) >= 11 is 2.13. The molecule has 0 atom stereocenters. The van der Waals surface area contributed by atoms with Crippen LogP contribution < -0.4 is 5.32 Å². The van der Waals surface area contributed by atoms with E-state index in [1.54, 1.807) is 12.3 Å². The Labute approximate surface area is 113 Å². The monoisotopic (exact) mass is 345 g/mol. The molecule has 2 rings (SSSR count). The summed E-state index contributed by atoms with van der Waals surface area (Å²) in [5.41, 5.74) is 0.933. The van der Waals surface area contributed by atoms with Crippen LogP contribution in [-0.4, -0.2) is 16.1 Å². The second kappa shape index (κ2) is 5.48. The molecule has 90 valence electrons. The first-order valence-electron chi connectivity index (χ1n) is 5.45. The van der Waals surface area contributed by atoms with Gasteiger partial charge in [-0.1, -0.05) is 6.92 Å². The number of nitrogens with zero attached hydrogens (tertiary/aromatic N) is 2. The van der Waals surface area contributed by atoms with Crippen molar-refractivity contribution in [1.82, 2.24) is 9.55 Å². The maximum atomic E-state index is 13.0. The number of aromatic nitrogens is 2. The van der Waals surface area contributed by atoms with Crippen molar-refractivity contribution in [2.24, 2.45) is 0 Å². The van der Waals surface area contributed by atoms with Crippen LogP contribution in [0.4, 0.5) is 10.3 Å². The Morgan fingerprint density at radius 1 is 1.47 bits per heavy atom. The summed E-state index contributed by atoms with van der Waals surface area (Å²) in [7, 11) is 0. The fourth-order valence-electron chi connectivity index (χ4n) is 1.54. The third-order valence-electron chi connectivity index (χ3n) is 2.34. The Bertz CT molecular complexity index is 510. The quantitative estimate of drug-likeness (QED) is 0.861. The molecule has 0 fully saturated rings. The molecule has 0 aliphatic rings. The first kappa shape index (κ1) is 12.3. The zero-order chi connectivity index (χ0) is 12.3. The molecule has 0 amide bonds. The highest BCUT2D eigenvalue weighted by Gasteiger charge is 2.08. The van der Waals surface area contributed by atoms with Crippen LogP contribution in [0.25, 0.3) is 5.69 Å². The topological polar surface area (TPSA) is 29.9 Å². The normalized spacial score (nSPS) is 10.5. The van der Waals surface area contributed by atoms with Crippen LogP contribution in [0.5, 0.6) is 0 Å². The summed E-state index contributed by atoms with van der Waals surface area (Å²) in [5.74, 6) is 0.567. The molecule has 2 aromatic rings. The second-order valence-electron chi connectivity index (χ2n) is 3.64. The number of hydrogen-bond acceptors (Lipinski definition) is 2. The number of imidazole rings is 1. The third-order valence-corrected chi connectivity index (χ3v) is 3.21. The minimum atomic E-state index is -0.221. The van der Waals surface area contributed by atoms with E-state index in [9.17, 15) is 4.39 Å². The molecule has 5 heteroatoms. The van der Waals surface area contributed by atoms with Crippen LogP contribution in [0, 0.1) is 9.39 Å². The van der Waals surface area contributed by atoms with E-state index >= 15 is 0 Å². The molecule has 1 aromatic heterocycles. The number of nitrogens with one attached hydrogen (secondary N) is 1. The lowest BCUT2D eigenvalue weighted by molar-refractivity contribution is 0.626. The minimum absolute atomic E-state index is 0.221. The summed E-state index contributed by atoms with van der Waals surface area (Å²) in [5, 5.41) is 3.24. The van der Waals surface area contributed by atoms with E-state index in [2.05, 4.69) is 39.8 Å². The van der Waals surface area contributed by atoms with Crippen molar-refractivity contribution in [2.45, 2.75) is 13.3 Å². The number of anilines is 1. The van der Waals surface area contributed by atoms with E-state index in [4.69, 9.17) is 0 Å². The van der Waals surface area contributed by atoms with Gasteiger partial charge >= 0.3 is 0 Å². The van der Waals surface area contributed by atoms with Gasteiger partial charge in [0, 0.05) is 22.5 Å². The number of halogens is 2. The van der Waals surface area contributed by atoms with Gasteiger partial charge < -0.3 is 5.32 Å². The molecule has 17 heavy (non-hydrogen) atoms. The van der Waals surface area contributed by atoms with Gasteiger partial charge in [-0.15, -0.1) is 0 Å². The van der Waals surface area contributed by atoms with Gasteiger partial charge in [0.1, 0.15) is 5.82 Å². The summed E-state index contributed by atoms with van der Waals surface area (Å²) in [6.07, 6.45) is 4.64. The molecule has 1 heterocycles. The van der Waals surface area contributed by atoms with Gasteiger partial charge in [-0.05, 0) is 47.2 Å². The summed E-state index contributed by atoms with van der Waals surface area (Å²) in [6.45, 7) is 2.97. The van der Waals surface area contributed by atoms with E-state index < -0.39 is 0 Å². The van der Waals surface area contributed by atoms with Crippen molar-refractivity contribution in [3.63, 3.8) is 0 Å². The summed E-state index contributed by atoms with van der Waals surface area (Å²) in [4.78, 5) is 4.25. The Morgan fingerprint density at radius 2 is 2.29 bits per heavy atom. The summed E-state index contributed by atoms with van der Waals surface area (Å²) in [6, 6.07) is 4.73. The minimum Gasteiger partial charge on any atom is -0.355 e. The largest absolute Gasteiger partial charge is 0.355 e. The van der Waals surface area contributed by atoms with Crippen molar-refractivity contribution < 1.29 is 4.39 Å². The fourth-order valence-corrected chi connectivity index (χ4v) is 2.28. The van der Waals surface area contributed by atoms with Crippen LogP contribution in [-0.2, 0) is 0 Å². The van der Waals surface area contributed by atoms with Gasteiger partial charge in [0.05, 0.1) is 5.69 Å². The van der Waals surface area contributed by atoms with Crippen LogP contribution in [0.2, 0.25) is 0 Å². The van der Waals surface area contributed by atoms with E-state index in [1.165, 1.54) is 12.1 Å². The highest BCUT2D eigenvalue weighted by Crippen LogP contribution is 2.21. The van der Waals surface area contributed by atoms with Gasteiger partial charge in [-0.2, -0.15) is 0 Å². The lowest BCUT2D eigenvalue weighted by atomic mass is 10.3. The molecular weight excluding hydrogens is 332 g/mol. The molecule has 3 nitrogen and oxygen atoms in total. The van der Waals surface area contributed by atoms with E-state index in [1.807, 2.05) is 10.8 Å². The van der Waals surface area contributed by atoms with Crippen molar-refractivity contribution in [3.8, 4) is 5.69 Å². The van der Waals surface area contributed by atoms with Gasteiger partial charge in [-0.3, -0.25) is 4.57 Å². The third kappa shape index (κ3) is 2.77. The Hall–Kier alpha value is -1.11. The molecule has 0 bridgehead atoms. The lowest BCUT2D eigenvalue weighted by Crippen LogP contribution is -2.07. The smallest absolute Gasteiger partial charge is 0.207 e. The molecule has 1 N–H and O–H groups in total. The van der Waals surface area contributed by atoms with Crippen LogP contribution in [0.3, 0.4) is 0 Å². The fraction of sp³-hybridized carbons (Fsp3) is 0.250. The second-order valence-corrected chi connectivity index (χ2v) is 4.81. The number of hydrogen-bond donors (Lipinski definition) is 1. The Morgan fingerprint density at radius 3 is 3.00 bits per heavy atom. The molecule has 0 spiro atoms. The highest BCUT2D eigenvalue weighted by molar-refractivity contribution is 14.1. The van der Waals surface area contributed by atoms with Gasteiger partial charge in [0.2, 0.25) is 5.95 Å². The molecule has 0 aliphatic heterocycles. The molecule has 0 radical (unpaired) electrons. The van der Waals surface area contributed by atoms with Gasteiger partial charge in [0.15, 0.2) is 0 Å². The summed E-state index contributed by atoms with van der Waals surface area (Å²) < 4.78 is 15.8. The van der Waals surface area contributed by atoms with Crippen molar-refractivity contribution in [1.29, 1.82) is 0 Å². The zero-order valence-corrected chi connectivity index (χ0v) is 11.6. The molecule has 0 saturated carbocycles. The number of rotatable bonds is 4. The van der Waals surface area contributed by atoms with E-state index in [0.717, 1.165) is 28.2 Å². The van der Waals surface area contributed by atoms with Crippen molar-refractivity contribution in [2.75, 3.05) is 11.9 Å². The molecule has 0 unspecified atom stereocenters. The molecule has 1 aromatic carbocycles. The average molecular weight is 345 g/mol. The molecular formula is C12H13FIN3. The van der Waals surface area contributed by atoms with Gasteiger partial charge in [0.25, 0.3) is 0 Å².